The molecule has 0 atom stereocenters. The van der Waals surface area contributed by atoms with Crippen LogP contribution in [0.1, 0.15) is 5.56 Å². The maximum absolute atomic E-state index is 12.0. The molecule has 1 saturated heterocycles. The number of benzene rings is 2. The van der Waals surface area contributed by atoms with Crippen LogP contribution in [0, 0.1) is 17.0 Å². The molecule has 2 aromatic carbocycles. The first-order valence-electron chi connectivity index (χ1n) is 11.7. The Bertz CT molecular complexity index is 1460. The molecule has 5 rings (SSSR count). The zero-order valence-electron chi connectivity index (χ0n) is 21.0. The molecule has 1 N–H and O–H groups in total. The zero-order valence-corrected chi connectivity index (χ0v) is 21.0. The first-order chi connectivity index (χ1) is 17.3. The maximum atomic E-state index is 12.0. The Morgan fingerprint density at radius 2 is 1.97 bits per heavy atom. The molecule has 1 aliphatic rings. The van der Waals surface area contributed by atoms with Gasteiger partial charge in [0.2, 0.25) is 5.95 Å². The molecule has 0 amide bonds. The number of aromatic nitrogens is 3. The van der Waals surface area contributed by atoms with Gasteiger partial charge < -0.3 is 24.4 Å². The summed E-state index contributed by atoms with van der Waals surface area (Å²) in [5.74, 6) is 0.820. The van der Waals surface area contributed by atoms with Crippen LogP contribution in [0.15, 0.2) is 48.8 Å². The lowest BCUT2D eigenvalue weighted by molar-refractivity contribution is -0.384. The number of fused-ring (bicyclic) bond motifs is 1. The summed E-state index contributed by atoms with van der Waals surface area (Å²) in [6.45, 7) is 3.41. The second-order valence-corrected chi connectivity index (χ2v) is 9.34. The van der Waals surface area contributed by atoms with Crippen molar-refractivity contribution in [3.8, 4) is 17.0 Å². The standard InChI is InChI=1S/C26H29N7O3/c1-16-12-27-26(29-25(16)19-15-31(4)21-9-7-6-8-18(19)21)28-20-10-23(33(34)35)22(11-24(20)36-5)32-13-17(14-32)30(2)3/h6-12,15,17H,13-14H2,1-5H3,(H,27,28,29). The van der Waals surface area contributed by atoms with Crippen molar-refractivity contribution in [3.05, 3.63) is 64.5 Å². The van der Waals surface area contributed by atoms with Gasteiger partial charge in [0.15, 0.2) is 0 Å². The van der Waals surface area contributed by atoms with Crippen molar-refractivity contribution in [2.45, 2.75) is 13.0 Å². The zero-order chi connectivity index (χ0) is 25.6. The summed E-state index contributed by atoms with van der Waals surface area (Å²) in [6.07, 6.45) is 3.81. The summed E-state index contributed by atoms with van der Waals surface area (Å²) in [7, 11) is 7.58. The second-order valence-electron chi connectivity index (χ2n) is 9.34. The average Bonchev–Trinajstić information content (AvgIpc) is 3.16. The highest BCUT2D eigenvalue weighted by molar-refractivity contribution is 5.96. The van der Waals surface area contributed by atoms with E-state index in [9.17, 15) is 10.1 Å². The molecule has 2 aromatic heterocycles. The number of nitro groups is 1. The van der Waals surface area contributed by atoms with Crippen LogP contribution in [0.2, 0.25) is 0 Å². The number of ether oxygens (including phenoxy) is 1. The van der Waals surface area contributed by atoms with Crippen molar-refractivity contribution in [1.82, 2.24) is 19.4 Å². The van der Waals surface area contributed by atoms with Gasteiger partial charge in [0, 0.05) is 67.2 Å². The van der Waals surface area contributed by atoms with Gasteiger partial charge >= 0.3 is 0 Å². The van der Waals surface area contributed by atoms with E-state index in [4.69, 9.17) is 9.72 Å². The predicted octanol–water partition coefficient (Wildman–Crippen LogP) is 4.35. The summed E-state index contributed by atoms with van der Waals surface area (Å²) in [5, 5.41) is 16.2. The number of nitrogens with zero attached hydrogens (tertiary/aromatic N) is 6. The molecular weight excluding hydrogens is 458 g/mol. The molecule has 0 radical (unpaired) electrons. The van der Waals surface area contributed by atoms with Crippen LogP contribution in [0.5, 0.6) is 5.75 Å². The molecule has 1 aliphatic heterocycles. The minimum atomic E-state index is -0.361. The topological polar surface area (TPSA) is 102 Å². The minimum absolute atomic E-state index is 0.0110. The molecule has 0 unspecified atom stereocenters. The molecular formula is C26H29N7O3. The van der Waals surface area contributed by atoms with Crippen molar-refractivity contribution < 1.29 is 9.66 Å². The number of aryl methyl sites for hydroxylation is 2. The number of likely N-dealkylation sites (N-methyl/N-ethyl adjacent to an activating group) is 1. The molecule has 10 nitrogen and oxygen atoms in total. The smallest absolute Gasteiger partial charge is 0.294 e. The lowest BCUT2D eigenvalue weighted by Gasteiger charge is -2.44. The normalized spacial score (nSPS) is 13.8. The number of methoxy groups -OCH3 is 1. The summed E-state index contributed by atoms with van der Waals surface area (Å²) < 4.78 is 7.68. The van der Waals surface area contributed by atoms with Crippen LogP contribution in [-0.2, 0) is 7.05 Å². The molecule has 186 valence electrons. The van der Waals surface area contributed by atoms with Crippen molar-refractivity contribution in [3.63, 3.8) is 0 Å². The van der Waals surface area contributed by atoms with E-state index in [1.54, 1.807) is 19.4 Å². The van der Waals surface area contributed by atoms with Gasteiger partial charge in [0.05, 0.1) is 23.4 Å². The molecule has 36 heavy (non-hydrogen) atoms. The third kappa shape index (κ3) is 4.09. The van der Waals surface area contributed by atoms with E-state index in [-0.39, 0.29) is 10.6 Å². The lowest BCUT2D eigenvalue weighted by atomic mass is 10.1. The molecule has 0 spiro atoms. The fraction of sp³-hybridized carbons (Fsp3) is 0.308. The number of nitrogens with one attached hydrogen (secondary N) is 1. The molecule has 0 aliphatic carbocycles. The molecule has 0 bridgehead atoms. The Morgan fingerprint density at radius 1 is 1.22 bits per heavy atom. The van der Waals surface area contributed by atoms with Gasteiger partial charge in [0.1, 0.15) is 11.4 Å². The Balaban J connectivity index is 1.51. The highest BCUT2D eigenvalue weighted by Gasteiger charge is 2.33. The highest BCUT2D eigenvalue weighted by atomic mass is 16.6. The van der Waals surface area contributed by atoms with Crippen LogP contribution in [0.25, 0.3) is 22.2 Å². The monoisotopic (exact) mass is 487 g/mol. The van der Waals surface area contributed by atoms with Crippen molar-refractivity contribution in [2.24, 2.45) is 7.05 Å². The summed E-state index contributed by atoms with van der Waals surface area (Å²) in [4.78, 5) is 24.9. The van der Waals surface area contributed by atoms with Gasteiger partial charge in [-0.1, -0.05) is 18.2 Å². The van der Waals surface area contributed by atoms with Crippen LogP contribution in [0.4, 0.5) is 23.0 Å². The molecule has 1 fully saturated rings. The van der Waals surface area contributed by atoms with Crippen molar-refractivity contribution >= 4 is 33.9 Å². The van der Waals surface area contributed by atoms with E-state index in [2.05, 4.69) is 38.1 Å². The molecule has 10 heteroatoms. The van der Waals surface area contributed by atoms with E-state index >= 15 is 0 Å². The van der Waals surface area contributed by atoms with Crippen LogP contribution < -0.4 is 15.0 Å². The summed E-state index contributed by atoms with van der Waals surface area (Å²) in [6, 6.07) is 11.7. The second kappa shape index (κ2) is 9.12. The average molecular weight is 488 g/mol. The van der Waals surface area contributed by atoms with Gasteiger partial charge in [-0.3, -0.25) is 10.1 Å². The van der Waals surface area contributed by atoms with E-state index in [1.165, 1.54) is 6.07 Å². The summed E-state index contributed by atoms with van der Waals surface area (Å²) >= 11 is 0. The Hall–Kier alpha value is -4.18. The van der Waals surface area contributed by atoms with Crippen LogP contribution in [-0.4, -0.2) is 64.7 Å². The number of hydrogen-bond acceptors (Lipinski definition) is 8. The Labute approximate surface area is 209 Å². The van der Waals surface area contributed by atoms with E-state index in [0.717, 1.165) is 40.8 Å². The first kappa shape index (κ1) is 23.6. The van der Waals surface area contributed by atoms with E-state index in [1.807, 2.05) is 45.1 Å². The van der Waals surface area contributed by atoms with E-state index < -0.39 is 0 Å². The number of rotatable bonds is 7. The van der Waals surface area contributed by atoms with Crippen LogP contribution >= 0.6 is 0 Å². The number of para-hydroxylation sites is 1. The van der Waals surface area contributed by atoms with Gasteiger partial charge in [-0.2, -0.15) is 0 Å². The highest BCUT2D eigenvalue weighted by Crippen LogP contribution is 2.41. The quantitative estimate of drug-likeness (QED) is 0.303. The van der Waals surface area contributed by atoms with Gasteiger partial charge in [-0.25, -0.2) is 9.97 Å². The fourth-order valence-corrected chi connectivity index (χ4v) is 4.63. The van der Waals surface area contributed by atoms with Gasteiger partial charge in [-0.05, 0) is 32.6 Å². The third-order valence-corrected chi connectivity index (χ3v) is 6.80. The largest absolute Gasteiger partial charge is 0.494 e. The lowest BCUT2D eigenvalue weighted by Crippen LogP contribution is -2.57. The Kier molecular flexibility index (Phi) is 5.97. The first-order valence-corrected chi connectivity index (χ1v) is 11.7. The van der Waals surface area contributed by atoms with Gasteiger partial charge in [-0.15, -0.1) is 0 Å². The summed E-state index contributed by atoms with van der Waals surface area (Å²) in [5.41, 5.74) is 4.82. The maximum Gasteiger partial charge on any atom is 0.294 e. The van der Waals surface area contributed by atoms with Crippen molar-refractivity contribution in [1.29, 1.82) is 0 Å². The predicted molar refractivity (Wildman–Crippen MR) is 141 cm³/mol. The Morgan fingerprint density at radius 3 is 2.67 bits per heavy atom. The number of hydrogen-bond donors (Lipinski definition) is 1. The fourth-order valence-electron chi connectivity index (χ4n) is 4.63. The minimum Gasteiger partial charge on any atom is -0.494 e. The van der Waals surface area contributed by atoms with Gasteiger partial charge in [0.25, 0.3) is 5.69 Å². The van der Waals surface area contributed by atoms with Crippen LogP contribution in [0.3, 0.4) is 0 Å². The molecule has 0 saturated carbocycles. The number of nitro benzene ring substituents is 1. The molecule has 4 aromatic rings. The number of anilines is 3. The third-order valence-electron chi connectivity index (χ3n) is 6.80. The molecule has 3 heterocycles. The van der Waals surface area contributed by atoms with E-state index in [0.29, 0.717) is 29.1 Å². The SMILES string of the molecule is COc1cc(N2CC(N(C)C)C2)c([N+](=O)[O-])cc1Nc1ncc(C)c(-c2cn(C)c3ccccc23)n1. The van der Waals surface area contributed by atoms with Crippen molar-refractivity contribution in [2.75, 3.05) is 44.5 Å².